The van der Waals surface area contributed by atoms with Crippen molar-refractivity contribution >= 4 is 12.4 Å². The Morgan fingerprint density at radius 2 is 0.929 bits per heavy atom. The molecule has 0 radical (unpaired) electrons. The molecular formula is C6H17ClO7. The van der Waals surface area contributed by atoms with E-state index < -0.39 is 37.6 Å². The van der Waals surface area contributed by atoms with Gasteiger partial charge in [-0.25, -0.2) is 0 Å². The number of hydrogen-bond donors (Lipinski definition) is 6. The second-order valence-electron chi connectivity index (χ2n) is 2.48. The lowest BCUT2D eigenvalue weighted by Gasteiger charge is -2.24. The van der Waals surface area contributed by atoms with Crippen molar-refractivity contribution in [2.75, 3.05) is 13.2 Å². The second-order valence-corrected chi connectivity index (χ2v) is 2.48. The molecule has 8 N–H and O–H groups in total. The zero-order valence-corrected chi connectivity index (χ0v) is 8.13. The Morgan fingerprint density at radius 1 is 0.714 bits per heavy atom. The van der Waals surface area contributed by atoms with Crippen molar-refractivity contribution in [1.82, 2.24) is 0 Å². The maximum atomic E-state index is 8.96. The molecule has 0 fully saturated rings. The fourth-order valence-corrected chi connectivity index (χ4v) is 0.671. The molecule has 0 unspecified atom stereocenters. The molecule has 4 atom stereocenters. The van der Waals surface area contributed by atoms with Gasteiger partial charge in [-0.05, 0) is 0 Å². The maximum Gasteiger partial charge on any atom is 0.111 e. The van der Waals surface area contributed by atoms with Gasteiger partial charge >= 0.3 is 0 Å². The molecule has 0 aromatic rings. The van der Waals surface area contributed by atoms with Gasteiger partial charge in [-0.2, -0.15) is 0 Å². The molecule has 14 heavy (non-hydrogen) atoms. The zero-order valence-electron chi connectivity index (χ0n) is 7.32. The van der Waals surface area contributed by atoms with Gasteiger partial charge in [0, 0.05) is 0 Å². The minimum Gasteiger partial charge on any atom is -0.412 e. The Bertz CT molecular complexity index is 111. The highest BCUT2D eigenvalue weighted by molar-refractivity contribution is 5.85. The number of rotatable bonds is 5. The van der Waals surface area contributed by atoms with E-state index in [-0.39, 0.29) is 17.9 Å². The average molecular weight is 237 g/mol. The first-order valence-corrected chi connectivity index (χ1v) is 3.48. The molecule has 0 saturated heterocycles. The number of halogens is 1. The maximum absolute atomic E-state index is 8.96. The Balaban J connectivity index is -0.000000605. The van der Waals surface area contributed by atoms with Crippen LogP contribution in [0.25, 0.3) is 0 Å². The third kappa shape index (κ3) is 5.68. The van der Waals surface area contributed by atoms with Gasteiger partial charge < -0.3 is 36.1 Å². The molecule has 0 aromatic heterocycles. The third-order valence-electron chi connectivity index (χ3n) is 1.51. The summed E-state index contributed by atoms with van der Waals surface area (Å²) in [6.45, 7) is -1.45. The molecule has 0 aromatic carbocycles. The van der Waals surface area contributed by atoms with Crippen molar-refractivity contribution < 1.29 is 36.1 Å². The average Bonchev–Trinajstić information content (AvgIpc) is 2.12. The SMILES string of the molecule is Cl.O.OC[C@@H](O)[C@@H](O)[C@H](O)[C@H](O)CO. The number of hydrogen-bond acceptors (Lipinski definition) is 6. The minimum atomic E-state index is -1.67. The molecule has 8 heteroatoms. The summed E-state index contributed by atoms with van der Waals surface area (Å²) in [7, 11) is 0. The summed E-state index contributed by atoms with van der Waals surface area (Å²) in [6, 6.07) is 0. The van der Waals surface area contributed by atoms with Crippen LogP contribution in [-0.2, 0) is 0 Å². The van der Waals surface area contributed by atoms with Crippen LogP contribution < -0.4 is 0 Å². The summed E-state index contributed by atoms with van der Waals surface area (Å²) in [4.78, 5) is 0. The fourth-order valence-electron chi connectivity index (χ4n) is 0.671. The van der Waals surface area contributed by atoms with E-state index in [1.807, 2.05) is 0 Å². The molecule has 0 heterocycles. The highest BCUT2D eigenvalue weighted by Crippen LogP contribution is 2.03. The van der Waals surface area contributed by atoms with Gasteiger partial charge in [-0.3, -0.25) is 0 Å². The van der Waals surface area contributed by atoms with Gasteiger partial charge in [0.25, 0.3) is 0 Å². The fraction of sp³-hybridized carbons (Fsp3) is 1.00. The first-order valence-electron chi connectivity index (χ1n) is 3.48. The first kappa shape index (κ1) is 19.6. The Hall–Kier alpha value is 0.01000. The lowest BCUT2D eigenvalue weighted by atomic mass is 10.0. The Morgan fingerprint density at radius 3 is 1.07 bits per heavy atom. The van der Waals surface area contributed by atoms with Gasteiger partial charge in [0.1, 0.15) is 24.4 Å². The van der Waals surface area contributed by atoms with E-state index in [1.165, 1.54) is 0 Å². The molecule has 0 aliphatic heterocycles. The highest BCUT2D eigenvalue weighted by atomic mass is 35.5. The molecule has 0 amide bonds. The van der Waals surface area contributed by atoms with Crippen molar-refractivity contribution in [1.29, 1.82) is 0 Å². The first-order chi connectivity index (χ1) is 5.54. The summed E-state index contributed by atoms with van der Waals surface area (Å²) in [5.74, 6) is 0. The van der Waals surface area contributed by atoms with Crippen molar-refractivity contribution in [3.63, 3.8) is 0 Å². The van der Waals surface area contributed by atoms with Gasteiger partial charge in [0.15, 0.2) is 0 Å². The normalized spacial score (nSPS) is 18.4. The molecule has 0 aliphatic carbocycles. The second kappa shape index (κ2) is 9.56. The summed E-state index contributed by atoms with van der Waals surface area (Å²) < 4.78 is 0. The molecule has 0 bridgehead atoms. The summed E-state index contributed by atoms with van der Waals surface area (Å²) in [5.41, 5.74) is 0. The van der Waals surface area contributed by atoms with E-state index in [2.05, 4.69) is 0 Å². The van der Waals surface area contributed by atoms with Crippen LogP contribution in [0.2, 0.25) is 0 Å². The lowest BCUT2D eigenvalue weighted by Crippen LogP contribution is -2.46. The number of aliphatic hydroxyl groups is 6. The predicted molar refractivity (Wildman–Crippen MR) is 49.1 cm³/mol. The van der Waals surface area contributed by atoms with E-state index in [1.54, 1.807) is 0 Å². The largest absolute Gasteiger partial charge is 0.412 e. The smallest absolute Gasteiger partial charge is 0.111 e. The van der Waals surface area contributed by atoms with Crippen LogP contribution in [0.3, 0.4) is 0 Å². The van der Waals surface area contributed by atoms with Crippen molar-refractivity contribution in [2.45, 2.75) is 24.4 Å². The van der Waals surface area contributed by atoms with Crippen LogP contribution in [0.15, 0.2) is 0 Å². The minimum absolute atomic E-state index is 0. The standard InChI is InChI=1S/C6H14O6.ClH.H2O/c7-1-3(9)5(11)6(12)4(10)2-8;;/h3-12H,1-2H2;1H;1H2/t3-,4-,5-,6-;;/m1../s1. The Labute approximate surface area is 87.0 Å². The van der Waals surface area contributed by atoms with Crippen molar-refractivity contribution in [2.24, 2.45) is 0 Å². The molecule has 90 valence electrons. The van der Waals surface area contributed by atoms with Crippen LogP contribution in [0.4, 0.5) is 0 Å². The highest BCUT2D eigenvalue weighted by Gasteiger charge is 2.29. The molecule has 0 spiro atoms. The predicted octanol–water partition coefficient (Wildman–Crippen LogP) is -3.99. The van der Waals surface area contributed by atoms with E-state index in [0.717, 1.165) is 0 Å². The molecular weight excluding hydrogens is 220 g/mol. The lowest BCUT2D eigenvalue weighted by molar-refractivity contribution is -0.123. The Kier molecular flexibility index (Phi) is 13.4. The van der Waals surface area contributed by atoms with Gasteiger partial charge in [0.2, 0.25) is 0 Å². The van der Waals surface area contributed by atoms with E-state index >= 15 is 0 Å². The van der Waals surface area contributed by atoms with E-state index in [9.17, 15) is 0 Å². The molecule has 0 saturated carbocycles. The molecule has 0 rings (SSSR count). The van der Waals surface area contributed by atoms with Crippen LogP contribution in [0.5, 0.6) is 0 Å². The summed E-state index contributed by atoms with van der Waals surface area (Å²) in [6.07, 6.45) is -6.39. The van der Waals surface area contributed by atoms with Crippen molar-refractivity contribution in [3.05, 3.63) is 0 Å². The molecule has 0 aliphatic rings. The van der Waals surface area contributed by atoms with Crippen molar-refractivity contribution in [3.8, 4) is 0 Å². The zero-order chi connectivity index (χ0) is 9.72. The van der Waals surface area contributed by atoms with Crippen LogP contribution in [-0.4, -0.2) is 73.7 Å². The molecule has 7 nitrogen and oxygen atoms in total. The van der Waals surface area contributed by atoms with E-state index in [0.29, 0.717) is 0 Å². The number of aliphatic hydroxyl groups excluding tert-OH is 6. The van der Waals surface area contributed by atoms with Crippen LogP contribution in [0.1, 0.15) is 0 Å². The monoisotopic (exact) mass is 236 g/mol. The van der Waals surface area contributed by atoms with Crippen LogP contribution >= 0.6 is 12.4 Å². The van der Waals surface area contributed by atoms with Crippen LogP contribution in [0, 0.1) is 0 Å². The van der Waals surface area contributed by atoms with E-state index in [4.69, 9.17) is 30.6 Å². The summed E-state index contributed by atoms with van der Waals surface area (Å²) in [5, 5.41) is 52.2. The van der Waals surface area contributed by atoms with Gasteiger partial charge in [0.05, 0.1) is 13.2 Å². The van der Waals surface area contributed by atoms with Gasteiger partial charge in [-0.1, -0.05) is 0 Å². The third-order valence-corrected chi connectivity index (χ3v) is 1.51. The quantitative estimate of drug-likeness (QED) is 0.286. The van der Waals surface area contributed by atoms with Gasteiger partial charge in [-0.15, -0.1) is 12.4 Å². The summed E-state index contributed by atoms with van der Waals surface area (Å²) >= 11 is 0. The topological polar surface area (TPSA) is 153 Å².